The first kappa shape index (κ1) is 13.6. The number of halogens is 1. The summed E-state index contributed by atoms with van der Waals surface area (Å²) < 4.78 is 13.4. The van der Waals surface area contributed by atoms with Gasteiger partial charge in [-0.3, -0.25) is 14.9 Å². The number of nitro benzene ring substituents is 1. The number of amides is 1. The maximum Gasteiger partial charge on any atom is 0.304 e. The lowest BCUT2D eigenvalue weighted by molar-refractivity contribution is -0.387. The molecule has 0 saturated carbocycles. The van der Waals surface area contributed by atoms with Crippen LogP contribution in [0.15, 0.2) is 36.4 Å². The molecule has 6 nitrogen and oxygen atoms in total. The summed E-state index contributed by atoms with van der Waals surface area (Å²) in [6, 6.07) is 8.03. The lowest BCUT2D eigenvalue weighted by Crippen LogP contribution is -2.13. The summed E-state index contributed by atoms with van der Waals surface area (Å²) in [5.41, 5.74) is 0.0318. The summed E-state index contributed by atoms with van der Waals surface area (Å²) in [4.78, 5) is 25.6. The van der Waals surface area contributed by atoms with Gasteiger partial charge in [0.1, 0.15) is 5.82 Å². The fraction of sp³-hybridized carbons (Fsp3) is 0.0769. The number of rotatable bonds is 3. The zero-order valence-corrected chi connectivity index (χ0v) is 10.5. The summed E-state index contributed by atoms with van der Waals surface area (Å²) in [7, 11) is 0. The van der Waals surface area contributed by atoms with Crippen molar-refractivity contribution in [3.63, 3.8) is 0 Å². The normalized spacial score (nSPS) is 10.1. The Bertz CT molecular complexity index is 688. The summed E-state index contributed by atoms with van der Waals surface area (Å²) in [5, 5.41) is 13.0. The second-order valence-electron chi connectivity index (χ2n) is 4.04. The molecular weight excluding hydrogens is 265 g/mol. The number of hydrogen-bond donors (Lipinski definition) is 1. The molecule has 0 spiro atoms. The lowest BCUT2D eigenvalue weighted by Gasteiger charge is -2.05. The lowest BCUT2D eigenvalue weighted by atomic mass is 10.2. The molecule has 20 heavy (non-hydrogen) atoms. The van der Waals surface area contributed by atoms with E-state index in [9.17, 15) is 19.3 Å². The van der Waals surface area contributed by atoms with Gasteiger partial charge in [-0.1, -0.05) is 6.07 Å². The number of hydrogen-bond acceptors (Lipinski definition) is 4. The zero-order valence-electron chi connectivity index (χ0n) is 10.5. The molecule has 0 aliphatic carbocycles. The highest BCUT2D eigenvalue weighted by Gasteiger charge is 2.16. The van der Waals surface area contributed by atoms with Gasteiger partial charge in [-0.25, -0.2) is 4.98 Å². The predicted octanol–water partition coefficient (Wildman–Crippen LogP) is 2.69. The molecule has 0 aliphatic rings. The quantitative estimate of drug-likeness (QED) is 0.689. The van der Waals surface area contributed by atoms with E-state index in [-0.39, 0.29) is 5.56 Å². The number of anilines is 1. The summed E-state index contributed by atoms with van der Waals surface area (Å²) in [6.07, 6.45) is 0. The highest BCUT2D eigenvalue weighted by molar-refractivity contribution is 6.03. The minimum atomic E-state index is -1.06. The Morgan fingerprint density at radius 2 is 2.10 bits per heavy atom. The van der Waals surface area contributed by atoms with Gasteiger partial charge in [0.2, 0.25) is 5.82 Å². The average Bonchev–Trinajstić information content (AvgIpc) is 2.38. The molecule has 0 unspecified atom stereocenters. The summed E-state index contributed by atoms with van der Waals surface area (Å²) >= 11 is 0. The topological polar surface area (TPSA) is 85.1 Å². The maximum atomic E-state index is 13.4. The van der Waals surface area contributed by atoms with Crippen molar-refractivity contribution < 1.29 is 14.1 Å². The molecule has 0 saturated heterocycles. The molecule has 0 fully saturated rings. The number of aryl methyl sites for hydroxylation is 1. The van der Waals surface area contributed by atoms with E-state index in [1.807, 2.05) is 0 Å². The minimum Gasteiger partial charge on any atom is -0.307 e. The first-order valence-electron chi connectivity index (χ1n) is 5.66. The third kappa shape index (κ3) is 2.94. The molecular formula is C13H10FN3O3. The molecule has 1 aromatic heterocycles. The molecule has 0 atom stereocenters. The number of nitro groups is 1. The fourth-order valence-corrected chi connectivity index (χ4v) is 1.60. The fourth-order valence-electron chi connectivity index (χ4n) is 1.60. The van der Waals surface area contributed by atoms with Crippen LogP contribution in [0.4, 0.5) is 15.9 Å². The van der Waals surface area contributed by atoms with Crippen molar-refractivity contribution in [2.24, 2.45) is 0 Å². The highest BCUT2D eigenvalue weighted by atomic mass is 19.1. The van der Waals surface area contributed by atoms with E-state index in [1.165, 1.54) is 6.07 Å². The van der Waals surface area contributed by atoms with E-state index >= 15 is 0 Å². The van der Waals surface area contributed by atoms with Crippen LogP contribution >= 0.6 is 0 Å². The van der Waals surface area contributed by atoms with Gasteiger partial charge in [-0.05, 0) is 31.2 Å². The number of nitrogens with one attached hydrogen (secondary N) is 1. The molecule has 7 heteroatoms. The Balaban J connectivity index is 2.22. The van der Waals surface area contributed by atoms with Crippen LogP contribution in [0, 0.1) is 22.9 Å². The Kier molecular flexibility index (Phi) is 3.69. The number of carbonyl (C=O) groups is 1. The van der Waals surface area contributed by atoms with Crippen LogP contribution in [-0.4, -0.2) is 15.8 Å². The molecule has 1 heterocycles. The van der Waals surface area contributed by atoms with Crippen LogP contribution in [0.25, 0.3) is 0 Å². The number of nitrogens with zero attached hydrogens (tertiary/aromatic N) is 2. The average molecular weight is 275 g/mol. The van der Waals surface area contributed by atoms with E-state index in [4.69, 9.17) is 0 Å². The first-order valence-corrected chi connectivity index (χ1v) is 5.66. The number of pyridine rings is 1. The smallest absolute Gasteiger partial charge is 0.304 e. The molecule has 1 aromatic carbocycles. The summed E-state index contributed by atoms with van der Waals surface area (Å²) in [6.45, 7) is 1.77. The monoisotopic (exact) mass is 275 g/mol. The van der Waals surface area contributed by atoms with E-state index < -0.39 is 22.3 Å². The van der Waals surface area contributed by atoms with Gasteiger partial charge >= 0.3 is 5.69 Å². The van der Waals surface area contributed by atoms with Crippen LogP contribution in [0.5, 0.6) is 0 Å². The third-order valence-corrected chi connectivity index (χ3v) is 2.54. The van der Waals surface area contributed by atoms with E-state index in [2.05, 4.69) is 10.3 Å². The molecule has 2 aromatic rings. The molecule has 0 radical (unpaired) electrons. The molecule has 102 valence electrons. The second-order valence-corrected chi connectivity index (χ2v) is 4.04. The van der Waals surface area contributed by atoms with Crippen molar-refractivity contribution in [1.29, 1.82) is 0 Å². The Morgan fingerprint density at radius 1 is 1.35 bits per heavy atom. The van der Waals surface area contributed by atoms with Crippen LogP contribution in [0.1, 0.15) is 16.1 Å². The molecule has 0 aliphatic heterocycles. The van der Waals surface area contributed by atoms with Gasteiger partial charge in [-0.15, -0.1) is 0 Å². The van der Waals surface area contributed by atoms with Gasteiger partial charge in [-0.2, -0.15) is 4.39 Å². The van der Waals surface area contributed by atoms with Gasteiger partial charge in [0.15, 0.2) is 0 Å². The Hall–Kier alpha value is -2.83. The first-order chi connectivity index (χ1) is 9.47. The van der Waals surface area contributed by atoms with Crippen LogP contribution in [0.3, 0.4) is 0 Å². The van der Waals surface area contributed by atoms with Crippen molar-refractivity contribution >= 4 is 17.4 Å². The van der Waals surface area contributed by atoms with Crippen molar-refractivity contribution in [3.05, 3.63) is 63.6 Å². The number of carbonyl (C=O) groups excluding carboxylic acids is 1. The van der Waals surface area contributed by atoms with Gasteiger partial charge < -0.3 is 5.32 Å². The Morgan fingerprint density at radius 3 is 2.70 bits per heavy atom. The van der Waals surface area contributed by atoms with Gasteiger partial charge in [0, 0.05) is 17.3 Å². The van der Waals surface area contributed by atoms with E-state index in [0.717, 1.165) is 17.8 Å². The van der Waals surface area contributed by atoms with E-state index in [0.29, 0.717) is 5.82 Å². The maximum absolute atomic E-state index is 13.4. The number of benzene rings is 1. The van der Waals surface area contributed by atoms with Gasteiger partial charge in [0.25, 0.3) is 5.91 Å². The summed E-state index contributed by atoms with van der Waals surface area (Å²) in [5.74, 6) is -1.31. The van der Waals surface area contributed by atoms with Crippen molar-refractivity contribution in [2.75, 3.05) is 5.32 Å². The van der Waals surface area contributed by atoms with Crippen molar-refractivity contribution in [2.45, 2.75) is 6.92 Å². The largest absolute Gasteiger partial charge is 0.307 e. The second kappa shape index (κ2) is 5.43. The molecule has 1 amide bonds. The van der Waals surface area contributed by atoms with Crippen molar-refractivity contribution in [1.82, 2.24) is 4.98 Å². The highest BCUT2D eigenvalue weighted by Crippen LogP contribution is 2.18. The third-order valence-electron chi connectivity index (χ3n) is 2.54. The minimum absolute atomic E-state index is 0.0172. The Labute approximate surface area is 113 Å². The molecule has 0 bridgehead atoms. The van der Waals surface area contributed by atoms with Crippen molar-refractivity contribution in [3.8, 4) is 0 Å². The van der Waals surface area contributed by atoms with E-state index in [1.54, 1.807) is 25.1 Å². The van der Waals surface area contributed by atoms with Crippen LogP contribution in [0.2, 0.25) is 0 Å². The number of aromatic nitrogens is 1. The van der Waals surface area contributed by atoms with Crippen LogP contribution in [-0.2, 0) is 0 Å². The standard InChI is InChI=1S/C13H10FN3O3/c1-8-3-2-4-12(15-8)16-13(18)9-5-6-11(17(19)20)10(14)7-9/h2-7H,1H3,(H,15,16,18). The predicted molar refractivity (Wildman–Crippen MR) is 70.0 cm³/mol. The SMILES string of the molecule is Cc1cccc(NC(=O)c2ccc([N+](=O)[O-])c(F)c2)n1. The van der Waals surface area contributed by atoms with Crippen LogP contribution < -0.4 is 5.32 Å². The molecule has 1 N–H and O–H groups in total. The zero-order chi connectivity index (χ0) is 14.7. The van der Waals surface area contributed by atoms with Gasteiger partial charge in [0.05, 0.1) is 4.92 Å². The molecule has 2 rings (SSSR count).